The predicted molar refractivity (Wildman–Crippen MR) is 116 cm³/mol. The molecule has 0 radical (unpaired) electrons. The SMILES string of the molecule is CC(C)[C@H]1CCC(O)(CO[Si](C)(C)C(C)(C)C)C([Se]c2ccccc2)C1. The summed E-state index contributed by atoms with van der Waals surface area (Å²) in [5, 5.41) is 11.8. The van der Waals surface area contributed by atoms with Gasteiger partial charge in [0.05, 0.1) is 0 Å². The number of hydrogen-bond donors (Lipinski definition) is 1. The standard InChI is InChI=1S/C22H38O2SeSi/c1-17(2)18-13-14-22(23,16-24-26(6,7)21(3,4)5)20(15-18)25-19-11-9-8-10-12-19/h8-12,17-18,20,23H,13-16H2,1-7H3/t18-,20?,22?/m0/s1. The fraction of sp³-hybridized carbons (Fsp3) is 0.727. The van der Waals surface area contributed by atoms with Crippen LogP contribution in [0.1, 0.15) is 53.9 Å². The first kappa shape index (κ1) is 22.2. The van der Waals surface area contributed by atoms with Crippen LogP contribution in [0.2, 0.25) is 22.9 Å². The molecule has 0 heterocycles. The maximum absolute atomic E-state index is 11.6. The van der Waals surface area contributed by atoms with E-state index in [4.69, 9.17) is 4.43 Å². The molecule has 26 heavy (non-hydrogen) atoms. The molecule has 1 aromatic carbocycles. The van der Waals surface area contributed by atoms with Crippen LogP contribution >= 0.6 is 0 Å². The Bertz CT molecular complexity index is 567. The zero-order valence-corrected chi connectivity index (χ0v) is 20.4. The maximum atomic E-state index is 11.6. The van der Waals surface area contributed by atoms with Crippen LogP contribution < -0.4 is 4.46 Å². The van der Waals surface area contributed by atoms with Crippen LogP contribution in [-0.4, -0.2) is 40.6 Å². The topological polar surface area (TPSA) is 29.5 Å². The summed E-state index contributed by atoms with van der Waals surface area (Å²) in [7, 11) is -1.85. The second kappa shape index (κ2) is 8.49. The van der Waals surface area contributed by atoms with E-state index in [1.807, 2.05) is 0 Å². The van der Waals surface area contributed by atoms with E-state index >= 15 is 0 Å². The second-order valence-corrected chi connectivity index (χ2v) is 17.3. The molecule has 0 bridgehead atoms. The Hall–Kier alpha value is -0.124. The van der Waals surface area contributed by atoms with Crippen molar-refractivity contribution in [3.05, 3.63) is 30.3 Å². The average Bonchev–Trinajstić information content (AvgIpc) is 2.55. The summed E-state index contributed by atoms with van der Waals surface area (Å²) < 4.78 is 7.89. The van der Waals surface area contributed by atoms with Crippen LogP contribution in [0.4, 0.5) is 0 Å². The van der Waals surface area contributed by atoms with E-state index in [0.717, 1.165) is 25.2 Å². The molecule has 3 atom stereocenters. The molecule has 0 saturated heterocycles. The van der Waals surface area contributed by atoms with E-state index in [0.29, 0.717) is 17.3 Å². The molecule has 0 amide bonds. The van der Waals surface area contributed by atoms with E-state index in [9.17, 15) is 5.11 Å². The Kier molecular flexibility index (Phi) is 7.24. The molecule has 1 aliphatic rings. The van der Waals surface area contributed by atoms with E-state index in [2.05, 4.69) is 78.0 Å². The number of hydrogen-bond acceptors (Lipinski definition) is 2. The first-order valence-corrected chi connectivity index (χ1v) is 14.8. The third-order valence-electron chi connectivity index (χ3n) is 6.52. The van der Waals surface area contributed by atoms with Gasteiger partial charge < -0.3 is 0 Å². The number of benzene rings is 1. The molecule has 0 aliphatic heterocycles. The van der Waals surface area contributed by atoms with Gasteiger partial charge in [0.1, 0.15) is 0 Å². The summed E-state index contributed by atoms with van der Waals surface area (Å²) in [6.45, 7) is 16.5. The van der Waals surface area contributed by atoms with Crippen molar-refractivity contribution in [2.45, 2.75) is 82.4 Å². The third kappa shape index (κ3) is 5.45. The summed E-state index contributed by atoms with van der Waals surface area (Å²) in [6.07, 6.45) is 3.13. The van der Waals surface area contributed by atoms with Crippen molar-refractivity contribution >= 4 is 27.7 Å². The molecule has 1 aliphatic carbocycles. The Morgan fingerprint density at radius 3 is 2.38 bits per heavy atom. The Balaban J connectivity index is 2.16. The molecule has 1 N–H and O–H groups in total. The summed E-state index contributed by atoms with van der Waals surface area (Å²) in [4.78, 5) is 0.336. The molecule has 2 unspecified atom stereocenters. The summed E-state index contributed by atoms with van der Waals surface area (Å²) >= 11 is 0.278. The fourth-order valence-electron chi connectivity index (χ4n) is 3.32. The Morgan fingerprint density at radius 1 is 1.23 bits per heavy atom. The van der Waals surface area contributed by atoms with Crippen LogP contribution in [0.15, 0.2) is 30.3 Å². The fourth-order valence-corrected chi connectivity index (χ4v) is 7.29. The van der Waals surface area contributed by atoms with Gasteiger partial charge in [-0.2, -0.15) is 0 Å². The normalized spacial score (nSPS) is 27.7. The van der Waals surface area contributed by atoms with Gasteiger partial charge in [-0.05, 0) is 0 Å². The molecule has 4 heteroatoms. The van der Waals surface area contributed by atoms with Gasteiger partial charge in [0.25, 0.3) is 0 Å². The first-order chi connectivity index (χ1) is 11.9. The van der Waals surface area contributed by atoms with E-state index in [1.54, 1.807) is 0 Å². The van der Waals surface area contributed by atoms with Gasteiger partial charge in [-0.1, -0.05) is 0 Å². The van der Waals surface area contributed by atoms with Gasteiger partial charge in [-0.15, -0.1) is 0 Å². The minimum absolute atomic E-state index is 0.179. The molecular weight excluding hydrogens is 403 g/mol. The molecule has 148 valence electrons. The van der Waals surface area contributed by atoms with E-state index < -0.39 is 13.9 Å². The van der Waals surface area contributed by atoms with E-state index in [1.165, 1.54) is 4.46 Å². The van der Waals surface area contributed by atoms with E-state index in [-0.39, 0.29) is 20.0 Å². The van der Waals surface area contributed by atoms with Crippen LogP contribution in [0.5, 0.6) is 0 Å². The monoisotopic (exact) mass is 442 g/mol. The van der Waals surface area contributed by atoms with Crippen molar-refractivity contribution in [1.29, 1.82) is 0 Å². The zero-order chi connectivity index (χ0) is 19.6. The van der Waals surface area contributed by atoms with Gasteiger partial charge in [0, 0.05) is 0 Å². The van der Waals surface area contributed by atoms with Crippen molar-refractivity contribution in [2.75, 3.05) is 6.61 Å². The minimum atomic E-state index is -1.85. The summed E-state index contributed by atoms with van der Waals surface area (Å²) in [6, 6.07) is 10.7. The first-order valence-electron chi connectivity index (χ1n) is 10.0. The van der Waals surface area contributed by atoms with Crippen molar-refractivity contribution in [3.63, 3.8) is 0 Å². The molecule has 2 rings (SSSR count). The number of rotatable bonds is 6. The van der Waals surface area contributed by atoms with Gasteiger partial charge in [-0.25, -0.2) is 0 Å². The molecule has 0 spiro atoms. The van der Waals surface area contributed by atoms with Gasteiger partial charge in [0.2, 0.25) is 0 Å². The molecule has 1 fully saturated rings. The van der Waals surface area contributed by atoms with Crippen molar-refractivity contribution < 1.29 is 9.53 Å². The molecule has 2 nitrogen and oxygen atoms in total. The van der Waals surface area contributed by atoms with Gasteiger partial charge in [0.15, 0.2) is 0 Å². The molecular formula is C22H38O2SeSi. The van der Waals surface area contributed by atoms with Crippen LogP contribution in [0, 0.1) is 11.8 Å². The predicted octanol–water partition coefficient (Wildman–Crippen LogP) is 5.01. The average molecular weight is 442 g/mol. The van der Waals surface area contributed by atoms with Crippen molar-refractivity contribution in [2.24, 2.45) is 11.8 Å². The molecule has 0 aromatic heterocycles. The van der Waals surface area contributed by atoms with Gasteiger partial charge in [-0.3, -0.25) is 0 Å². The summed E-state index contributed by atoms with van der Waals surface area (Å²) in [5.74, 6) is 1.41. The Labute approximate surface area is 168 Å². The second-order valence-electron chi connectivity index (χ2n) is 9.85. The van der Waals surface area contributed by atoms with Crippen LogP contribution in [0.25, 0.3) is 0 Å². The van der Waals surface area contributed by atoms with Crippen molar-refractivity contribution in [1.82, 2.24) is 0 Å². The van der Waals surface area contributed by atoms with Crippen molar-refractivity contribution in [3.8, 4) is 0 Å². The van der Waals surface area contributed by atoms with Gasteiger partial charge >= 0.3 is 168 Å². The van der Waals surface area contributed by atoms with Crippen LogP contribution in [-0.2, 0) is 4.43 Å². The summed E-state index contributed by atoms with van der Waals surface area (Å²) in [5.41, 5.74) is -0.670. The molecule has 1 aromatic rings. The van der Waals surface area contributed by atoms with Crippen LogP contribution in [0.3, 0.4) is 0 Å². The zero-order valence-electron chi connectivity index (χ0n) is 17.7. The number of aliphatic hydroxyl groups is 1. The Morgan fingerprint density at radius 2 is 1.85 bits per heavy atom. The third-order valence-corrected chi connectivity index (χ3v) is 14.1. The molecule has 1 saturated carbocycles. The quantitative estimate of drug-likeness (QED) is 0.629.